The number of furan rings is 1. The van der Waals surface area contributed by atoms with Gasteiger partial charge in [-0.25, -0.2) is 0 Å². The third-order valence-corrected chi connectivity index (χ3v) is 4.08. The zero-order valence-electron chi connectivity index (χ0n) is 11.8. The highest BCUT2D eigenvalue weighted by molar-refractivity contribution is 7.09. The molecule has 2 N–H and O–H groups in total. The number of aryl methyl sites for hydroxylation is 1. The summed E-state index contributed by atoms with van der Waals surface area (Å²) in [5.41, 5.74) is 2.09. The molecule has 0 amide bonds. The van der Waals surface area contributed by atoms with Crippen molar-refractivity contribution in [3.63, 3.8) is 0 Å². The number of hydrogen-bond acceptors (Lipinski definition) is 4. The summed E-state index contributed by atoms with van der Waals surface area (Å²) < 4.78 is 5.64. The standard InChI is InChI=1S/C15H17N3OS.ClH/c1-11-4-5-14(19-11)15-12(10-17-18-15)9-16-7-6-13-3-2-8-20-13;/h2-5,8,10,16H,6-7,9H2,1H3,(H,17,18);1H. The van der Waals surface area contributed by atoms with E-state index in [1.165, 1.54) is 4.88 Å². The molecule has 3 aromatic rings. The first kappa shape index (κ1) is 15.8. The molecule has 0 bridgehead atoms. The molecule has 4 nitrogen and oxygen atoms in total. The molecule has 0 unspecified atom stereocenters. The van der Waals surface area contributed by atoms with Crippen LogP contribution in [0.15, 0.2) is 40.3 Å². The van der Waals surface area contributed by atoms with Gasteiger partial charge >= 0.3 is 0 Å². The summed E-state index contributed by atoms with van der Waals surface area (Å²) >= 11 is 1.80. The third-order valence-electron chi connectivity index (χ3n) is 3.15. The second-order valence-electron chi connectivity index (χ2n) is 4.69. The van der Waals surface area contributed by atoms with E-state index >= 15 is 0 Å². The van der Waals surface area contributed by atoms with Gasteiger partial charge in [0, 0.05) is 23.5 Å². The average molecular weight is 324 g/mol. The maximum Gasteiger partial charge on any atom is 0.152 e. The molecule has 0 aliphatic rings. The second kappa shape index (κ2) is 7.45. The summed E-state index contributed by atoms with van der Waals surface area (Å²) in [4.78, 5) is 1.41. The molecule has 3 rings (SSSR count). The summed E-state index contributed by atoms with van der Waals surface area (Å²) in [6, 6.07) is 8.19. The van der Waals surface area contributed by atoms with Crippen LogP contribution in [0.5, 0.6) is 0 Å². The van der Waals surface area contributed by atoms with Crippen LogP contribution in [0.1, 0.15) is 16.2 Å². The van der Waals surface area contributed by atoms with E-state index in [0.29, 0.717) is 0 Å². The average Bonchev–Trinajstić information content (AvgIpc) is 3.16. The number of nitrogens with one attached hydrogen (secondary N) is 2. The van der Waals surface area contributed by atoms with Crippen LogP contribution in [-0.4, -0.2) is 16.7 Å². The first-order valence-corrected chi connectivity index (χ1v) is 7.53. The zero-order chi connectivity index (χ0) is 13.8. The van der Waals surface area contributed by atoms with E-state index in [1.54, 1.807) is 11.3 Å². The number of H-pyrrole nitrogens is 1. The minimum atomic E-state index is 0. The van der Waals surface area contributed by atoms with Gasteiger partial charge in [-0.1, -0.05) is 6.07 Å². The zero-order valence-corrected chi connectivity index (χ0v) is 13.4. The van der Waals surface area contributed by atoms with Crippen LogP contribution >= 0.6 is 23.7 Å². The summed E-state index contributed by atoms with van der Waals surface area (Å²) in [6.07, 6.45) is 2.91. The van der Waals surface area contributed by atoms with Crippen LogP contribution in [0.3, 0.4) is 0 Å². The van der Waals surface area contributed by atoms with Crippen molar-refractivity contribution in [2.45, 2.75) is 19.9 Å². The molecule has 3 heterocycles. The monoisotopic (exact) mass is 323 g/mol. The summed E-state index contributed by atoms with van der Waals surface area (Å²) in [6.45, 7) is 3.69. The first-order valence-electron chi connectivity index (χ1n) is 6.65. The Labute approximate surface area is 134 Å². The molecular formula is C15H18ClN3OS. The third kappa shape index (κ3) is 3.97. The van der Waals surface area contributed by atoms with Gasteiger partial charge in [0.2, 0.25) is 0 Å². The first-order chi connectivity index (χ1) is 9.83. The molecule has 0 fully saturated rings. The predicted molar refractivity (Wildman–Crippen MR) is 88.0 cm³/mol. The summed E-state index contributed by atoms with van der Waals surface area (Å²) in [7, 11) is 0. The van der Waals surface area contributed by atoms with E-state index in [2.05, 4.69) is 33.0 Å². The molecule has 0 radical (unpaired) electrons. The van der Waals surface area contributed by atoms with Gasteiger partial charge < -0.3 is 9.73 Å². The van der Waals surface area contributed by atoms with Gasteiger partial charge in [-0.15, -0.1) is 23.7 Å². The van der Waals surface area contributed by atoms with Crippen LogP contribution in [0.4, 0.5) is 0 Å². The van der Waals surface area contributed by atoms with E-state index in [4.69, 9.17) is 4.42 Å². The number of hydrogen-bond donors (Lipinski definition) is 2. The van der Waals surface area contributed by atoms with Crippen molar-refractivity contribution in [1.29, 1.82) is 0 Å². The molecule has 0 spiro atoms. The lowest BCUT2D eigenvalue weighted by atomic mass is 10.2. The van der Waals surface area contributed by atoms with Gasteiger partial charge in [-0.05, 0) is 36.9 Å². The molecular weight excluding hydrogens is 306 g/mol. The van der Waals surface area contributed by atoms with Crippen LogP contribution in [0.2, 0.25) is 0 Å². The van der Waals surface area contributed by atoms with E-state index in [0.717, 1.165) is 42.3 Å². The van der Waals surface area contributed by atoms with Crippen LogP contribution < -0.4 is 5.32 Å². The van der Waals surface area contributed by atoms with Gasteiger partial charge in [0.15, 0.2) is 5.76 Å². The number of aromatic amines is 1. The number of aromatic nitrogens is 2. The molecule has 6 heteroatoms. The Morgan fingerprint density at radius 1 is 1.33 bits per heavy atom. The molecule has 0 aliphatic carbocycles. The van der Waals surface area contributed by atoms with E-state index in [1.807, 2.05) is 25.3 Å². The Morgan fingerprint density at radius 3 is 2.95 bits per heavy atom. The lowest BCUT2D eigenvalue weighted by Gasteiger charge is -2.03. The lowest BCUT2D eigenvalue weighted by molar-refractivity contribution is 0.545. The Morgan fingerprint density at radius 2 is 2.24 bits per heavy atom. The van der Waals surface area contributed by atoms with Gasteiger partial charge in [0.25, 0.3) is 0 Å². The molecule has 0 saturated carbocycles. The van der Waals surface area contributed by atoms with Gasteiger partial charge in [-0.3, -0.25) is 5.10 Å². The molecule has 21 heavy (non-hydrogen) atoms. The highest BCUT2D eigenvalue weighted by Crippen LogP contribution is 2.23. The highest BCUT2D eigenvalue weighted by Gasteiger charge is 2.10. The van der Waals surface area contributed by atoms with Crippen molar-refractivity contribution in [3.05, 3.63) is 52.0 Å². The van der Waals surface area contributed by atoms with Crippen molar-refractivity contribution in [3.8, 4) is 11.5 Å². The predicted octanol–water partition coefficient (Wildman–Crippen LogP) is 3.79. The van der Waals surface area contributed by atoms with Crippen molar-refractivity contribution < 1.29 is 4.42 Å². The molecule has 0 saturated heterocycles. The van der Waals surface area contributed by atoms with Crippen LogP contribution in [0, 0.1) is 6.92 Å². The Balaban J connectivity index is 0.00000161. The second-order valence-corrected chi connectivity index (χ2v) is 5.72. The maximum atomic E-state index is 5.64. The number of rotatable bonds is 6. The van der Waals surface area contributed by atoms with E-state index in [-0.39, 0.29) is 12.4 Å². The van der Waals surface area contributed by atoms with Crippen molar-refractivity contribution >= 4 is 23.7 Å². The van der Waals surface area contributed by atoms with E-state index in [9.17, 15) is 0 Å². The maximum absolute atomic E-state index is 5.64. The number of thiophene rings is 1. The quantitative estimate of drug-likeness (QED) is 0.678. The lowest BCUT2D eigenvalue weighted by Crippen LogP contribution is -2.16. The largest absolute Gasteiger partial charge is 0.460 e. The topological polar surface area (TPSA) is 53.9 Å². The number of nitrogens with zero attached hydrogens (tertiary/aromatic N) is 1. The molecule has 0 aliphatic heterocycles. The molecule has 112 valence electrons. The Hall–Kier alpha value is -1.56. The minimum Gasteiger partial charge on any atom is -0.460 e. The molecule has 0 aromatic carbocycles. The minimum absolute atomic E-state index is 0. The van der Waals surface area contributed by atoms with Gasteiger partial charge in [0.1, 0.15) is 11.5 Å². The fourth-order valence-corrected chi connectivity index (χ4v) is 2.83. The normalized spacial score (nSPS) is 10.5. The van der Waals surface area contributed by atoms with Gasteiger partial charge in [0.05, 0.1) is 6.20 Å². The smallest absolute Gasteiger partial charge is 0.152 e. The fourth-order valence-electron chi connectivity index (χ4n) is 2.12. The van der Waals surface area contributed by atoms with E-state index < -0.39 is 0 Å². The molecule has 3 aromatic heterocycles. The number of halogens is 1. The Kier molecular flexibility index (Phi) is 5.61. The fraction of sp³-hybridized carbons (Fsp3) is 0.267. The summed E-state index contributed by atoms with van der Waals surface area (Å²) in [5, 5.41) is 12.7. The van der Waals surface area contributed by atoms with Gasteiger partial charge in [-0.2, -0.15) is 5.10 Å². The summed E-state index contributed by atoms with van der Waals surface area (Å²) in [5.74, 6) is 1.75. The Bertz CT molecular complexity index is 660. The van der Waals surface area contributed by atoms with Crippen molar-refractivity contribution in [2.24, 2.45) is 0 Å². The van der Waals surface area contributed by atoms with Crippen LogP contribution in [-0.2, 0) is 13.0 Å². The van der Waals surface area contributed by atoms with Crippen LogP contribution in [0.25, 0.3) is 11.5 Å². The van der Waals surface area contributed by atoms with Crippen molar-refractivity contribution in [2.75, 3.05) is 6.54 Å². The SMILES string of the molecule is Cc1ccc(-c2[nH]ncc2CNCCc2cccs2)o1.Cl. The molecule has 0 atom stereocenters. The highest BCUT2D eigenvalue weighted by atomic mass is 35.5. The van der Waals surface area contributed by atoms with Crippen molar-refractivity contribution in [1.82, 2.24) is 15.5 Å².